The monoisotopic (exact) mass is 258 g/mol. The van der Waals surface area contributed by atoms with Crippen molar-refractivity contribution in [2.45, 2.75) is 24.4 Å². The van der Waals surface area contributed by atoms with Crippen LogP contribution in [0.2, 0.25) is 0 Å². The Morgan fingerprint density at radius 1 is 1.59 bits per heavy atom. The van der Waals surface area contributed by atoms with Crippen molar-refractivity contribution in [2.24, 2.45) is 13.0 Å². The largest absolute Gasteiger partial charge is 0.315 e. The standard InChI is InChI=1S/C10H18N4O2S/c1-8-3-5-11-7-9(8)13-17(15,16)10-4-6-12-14(10)2/h4,6,8-9,11,13H,3,5,7H2,1-2H3. The lowest BCUT2D eigenvalue weighted by Crippen LogP contribution is -2.50. The molecule has 7 heteroatoms. The van der Waals surface area contributed by atoms with E-state index in [0.29, 0.717) is 12.5 Å². The summed E-state index contributed by atoms with van der Waals surface area (Å²) in [5, 5.41) is 7.28. The molecule has 0 amide bonds. The number of hydrogen-bond acceptors (Lipinski definition) is 4. The zero-order valence-corrected chi connectivity index (χ0v) is 10.9. The molecule has 2 unspecified atom stereocenters. The highest BCUT2D eigenvalue weighted by atomic mass is 32.2. The first kappa shape index (κ1) is 12.5. The minimum Gasteiger partial charge on any atom is -0.315 e. The van der Waals surface area contributed by atoms with Crippen LogP contribution in [0.5, 0.6) is 0 Å². The molecule has 2 atom stereocenters. The first-order valence-corrected chi connectivity index (χ1v) is 7.20. The van der Waals surface area contributed by atoms with Crippen LogP contribution in [0.3, 0.4) is 0 Å². The zero-order chi connectivity index (χ0) is 12.5. The summed E-state index contributed by atoms with van der Waals surface area (Å²) >= 11 is 0. The van der Waals surface area contributed by atoms with E-state index < -0.39 is 10.0 Å². The zero-order valence-electron chi connectivity index (χ0n) is 10.0. The van der Waals surface area contributed by atoms with Crippen LogP contribution in [-0.2, 0) is 17.1 Å². The maximum absolute atomic E-state index is 12.1. The van der Waals surface area contributed by atoms with Crippen LogP contribution in [-0.4, -0.2) is 37.3 Å². The molecule has 2 N–H and O–H groups in total. The second-order valence-electron chi connectivity index (χ2n) is 4.49. The maximum atomic E-state index is 12.1. The van der Waals surface area contributed by atoms with Gasteiger partial charge in [0.05, 0.1) is 6.20 Å². The summed E-state index contributed by atoms with van der Waals surface area (Å²) in [5.74, 6) is 0.347. The average molecular weight is 258 g/mol. The highest BCUT2D eigenvalue weighted by molar-refractivity contribution is 7.89. The third kappa shape index (κ3) is 2.67. The third-order valence-electron chi connectivity index (χ3n) is 3.19. The summed E-state index contributed by atoms with van der Waals surface area (Å²) < 4.78 is 28.4. The highest BCUT2D eigenvalue weighted by Gasteiger charge is 2.27. The molecule has 0 aromatic carbocycles. The number of nitrogens with zero attached hydrogens (tertiary/aromatic N) is 2. The van der Waals surface area contributed by atoms with E-state index >= 15 is 0 Å². The van der Waals surface area contributed by atoms with Crippen molar-refractivity contribution in [1.82, 2.24) is 19.8 Å². The van der Waals surface area contributed by atoms with Crippen LogP contribution in [0, 0.1) is 5.92 Å². The van der Waals surface area contributed by atoms with E-state index in [4.69, 9.17) is 0 Å². The second kappa shape index (κ2) is 4.75. The quantitative estimate of drug-likeness (QED) is 0.780. The Morgan fingerprint density at radius 3 is 2.94 bits per heavy atom. The second-order valence-corrected chi connectivity index (χ2v) is 6.15. The molecule has 96 valence electrons. The van der Waals surface area contributed by atoms with Gasteiger partial charge in [0.15, 0.2) is 5.03 Å². The van der Waals surface area contributed by atoms with Gasteiger partial charge in [-0.3, -0.25) is 4.68 Å². The summed E-state index contributed by atoms with van der Waals surface area (Å²) in [6.45, 7) is 3.70. The van der Waals surface area contributed by atoms with Crippen molar-refractivity contribution >= 4 is 10.0 Å². The molecule has 0 radical (unpaired) electrons. The van der Waals surface area contributed by atoms with Crippen molar-refractivity contribution in [1.29, 1.82) is 0 Å². The van der Waals surface area contributed by atoms with Crippen molar-refractivity contribution in [3.63, 3.8) is 0 Å². The molecule has 17 heavy (non-hydrogen) atoms. The van der Waals surface area contributed by atoms with Gasteiger partial charge in [-0.2, -0.15) is 5.10 Å². The van der Waals surface area contributed by atoms with Crippen LogP contribution in [0.1, 0.15) is 13.3 Å². The molecule has 1 aromatic rings. The fraction of sp³-hybridized carbons (Fsp3) is 0.700. The molecule has 2 heterocycles. The number of sulfonamides is 1. The molecular formula is C10H18N4O2S. The third-order valence-corrected chi connectivity index (χ3v) is 4.75. The molecule has 0 spiro atoms. The molecule has 0 saturated carbocycles. The van der Waals surface area contributed by atoms with Gasteiger partial charge < -0.3 is 5.32 Å². The number of rotatable bonds is 3. The lowest BCUT2D eigenvalue weighted by molar-refractivity contribution is 0.326. The molecule has 2 rings (SSSR count). The Morgan fingerprint density at radius 2 is 2.35 bits per heavy atom. The minimum atomic E-state index is -3.47. The van der Waals surface area contributed by atoms with Gasteiger partial charge in [0, 0.05) is 19.6 Å². The summed E-state index contributed by atoms with van der Waals surface area (Å²) in [5.41, 5.74) is 0. The lowest BCUT2D eigenvalue weighted by Gasteiger charge is -2.29. The number of aromatic nitrogens is 2. The van der Waals surface area contributed by atoms with Gasteiger partial charge in [-0.05, 0) is 24.9 Å². The highest BCUT2D eigenvalue weighted by Crippen LogP contribution is 2.15. The van der Waals surface area contributed by atoms with Crippen molar-refractivity contribution < 1.29 is 8.42 Å². The predicted molar refractivity (Wildman–Crippen MR) is 64.0 cm³/mol. The van der Waals surface area contributed by atoms with Crippen LogP contribution in [0.25, 0.3) is 0 Å². The SMILES string of the molecule is CC1CCNCC1NS(=O)(=O)c1ccnn1C. The lowest BCUT2D eigenvalue weighted by atomic mass is 9.96. The van der Waals surface area contributed by atoms with Crippen molar-refractivity contribution in [2.75, 3.05) is 13.1 Å². The van der Waals surface area contributed by atoms with Crippen LogP contribution in [0.15, 0.2) is 17.3 Å². The summed E-state index contributed by atoms with van der Waals surface area (Å²) in [6.07, 6.45) is 2.47. The van der Waals surface area contributed by atoms with E-state index in [2.05, 4.69) is 22.1 Å². The molecule has 6 nitrogen and oxygen atoms in total. The van der Waals surface area contributed by atoms with Gasteiger partial charge >= 0.3 is 0 Å². The van der Waals surface area contributed by atoms with E-state index in [-0.39, 0.29) is 11.1 Å². The van der Waals surface area contributed by atoms with Crippen LogP contribution < -0.4 is 10.0 Å². The fourth-order valence-corrected chi connectivity index (χ4v) is 3.50. The van der Waals surface area contributed by atoms with Gasteiger partial charge in [-0.15, -0.1) is 0 Å². The van der Waals surface area contributed by atoms with Crippen molar-refractivity contribution in [3.8, 4) is 0 Å². The van der Waals surface area contributed by atoms with Crippen LogP contribution in [0.4, 0.5) is 0 Å². The van der Waals surface area contributed by atoms with E-state index in [1.807, 2.05) is 0 Å². The fourth-order valence-electron chi connectivity index (χ4n) is 2.03. The molecule has 0 aliphatic carbocycles. The number of nitrogens with one attached hydrogen (secondary N) is 2. The molecule has 1 aliphatic rings. The van der Waals surface area contributed by atoms with E-state index in [1.165, 1.54) is 16.9 Å². The number of aryl methyl sites for hydroxylation is 1. The molecule has 1 aromatic heterocycles. The van der Waals surface area contributed by atoms with Gasteiger partial charge in [-0.25, -0.2) is 13.1 Å². The van der Waals surface area contributed by atoms with Gasteiger partial charge in [0.1, 0.15) is 0 Å². The van der Waals surface area contributed by atoms with Gasteiger partial charge in [0.2, 0.25) is 0 Å². The first-order chi connectivity index (χ1) is 8.00. The average Bonchev–Trinajstić information content (AvgIpc) is 2.68. The normalized spacial score (nSPS) is 26.0. The smallest absolute Gasteiger partial charge is 0.258 e. The Balaban J connectivity index is 2.15. The number of piperidine rings is 1. The van der Waals surface area contributed by atoms with Crippen molar-refractivity contribution in [3.05, 3.63) is 12.3 Å². The van der Waals surface area contributed by atoms with E-state index in [9.17, 15) is 8.42 Å². The summed E-state index contributed by atoms with van der Waals surface area (Å²) in [4.78, 5) is 0. The Bertz CT molecular complexity index is 482. The predicted octanol–water partition coefficient (Wildman–Crippen LogP) is -0.304. The van der Waals surface area contributed by atoms with Gasteiger partial charge in [0.25, 0.3) is 10.0 Å². The molecule has 1 fully saturated rings. The Hall–Kier alpha value is -0.920. The molecule has 0 bridgehead atoms. The summed E-state index contributed by atoms with van der Waals surface area (Å²) in [7, 11) is -1.85. The topological polar surface area (TPSA) is 76.0 Å². The Labute approximate surface area is 101 Å². The molecule has 1 aliphatic heterocycles. The first-order valence-electron chi connectivity index (χ1n) is 5.72. The number of hydrogen-bond donors (Lipinski definition) is 2. The van der Waals surface area contributed by atoms with E-state index in [0.717, 1.165) is 13.0 Å². The maximum Gasteiger partial charge on any atom is 0.258 e. The molecular weight excluding hydrogens is 240 g/mol. The Kier molecular flexibility index (Phi) is 3.50. The minimum absolute atomic E-state index is 0.0522. The van der Waals surface area contributed by atoms with Gasteiger partial charge in [-0.1, -0.05) is 6.92 Å². The van der Waals surface area contributed by atoms with E-state index in [1.54, 1.807) is 7.05 Å². The summed E-state index contributed by atoms with van der Waals surface area (Å²) in [6, 6.07) is 1.45. The molecule has 1 saturated heterocycles. The van der Waals surface area contributed by atoms with Crippen LogP contribution >= 0.6 is 0 Å².